The van der Waals surface area contributed by atoms with Crippen molar-refractivity contribution in [1.82, 2.24) is 9.97 Å². The summed E-state index contributed by atoms with van der Waals surface area (Å²) in [5.41, 5.74) is 7.86. The van der Waals surface area contributed by atoms with Crippen LogP contribution in [0.5, 0.6) is 0 Å². The van der Waals surface area contributed by atoms with Gasteiger partial charge in [0.15, 0.2) is 5.95 Å². The zero-order valence-corrected chi connectivity index (χ0v) is 10.2. The van der Waals surface area contributed by atoms with Gasteiger partial charge in [-0.25, -0.2) is 4.98 Å². The lowest BCUT2D eigenvalue weighted by Gasteiger charge is -2.01. The number of aromatic amines is 1. The monoisotopic (exact) mass is 283 g/mol. The number of rotatable bonds is 2. The van der Waals surface area contributed by atoms with E-state index in [1.807, 2.05) is 12.1 Å². The molecule has 0 atom stereocenters. The highest BCUT2D eigenvalue weighted by molar-refractivity contribution is 9.10. The Hall–Kier alpha value is -1.56. The third kappa shape index (κ3) is 1.88. The standard InChI is InChI=1S/C10H10BrN3O2/c1-16-7(15)4-5-2-3-6(11)9-8(5)13-10(12)14-9/h2-3H,4H2,1H3,(H3,12,13,14). The molecule has 0 spiro atoms. The van der Waals surface area contributed by atoms with Gasteiger partial charge in [0.2, 0.25) is 0 Å². The fourth-order valence-corrected chi connectivity index (χ4v) is 1.92. The number of imidazole rings is 1. The third-order valence-electron chi connectivity index (χ3n) is 2.26. The topological polar surface area (TPSA) is 81.0 Å². The van der Waals surface area contributed by atoms with Crippen LogP contribution in [0.2, 0.25) is 0 Å². The summed E-state index contributed by atoms with van der Waals surface area (Å²) < 4.78 is 5.48. The first kappa shape index (κ1) is 10.9. The number of H-pyrrole nitrogens is 1. The second-order valence-electron chi connectivity index (χ2n) is 3.31. The lowest BCUT2D eigenvalue weighted by Crippen LogP contribution is -2.04. The van der Waals surface area contributed by atoms with E-state index < -0.39 is 0 Å². The third-order valence-corrected chi connectivity index (χ3v) is 2.92. The van der Waals surface area contributed by atoms with Crippen LogP contribution < -0.4 is 5.73 Å². The van der Waals surface area contributed by atoms with E-state index in [0.29, 0.717) is 11.5 Å². The maximum absolute atomic E-state index is 11.2. The lowest BCUT2D eigenvalue weighted by atomic mass is 10.1. The summed E-state index contributed by atoms with van der Waals surface area (Å²) in [7, 11) is 1.36. The molecule has 84 valence electrons. The molecular weight excluding hydrogens is 274 g/mol. The molecular formula is C10H10BrN3O2. The van der Waals surface area contributed by atoms with Crippen molar-refractivity contribution in [3.63, 3.8) is 0 Å². The highest BCUT2D eigenvalue weighted by Crippen LogP contribution is 2.26. The number of ether oxygens (including phenoxy) is 1. The fraction of sp³-hybridized carbons (Fsp3) is 0.200. The summed E-state index contributed by atoms with van der Waals surface area (Å²) in [6.07, 6.45) is 0.185. The highest BCUT2D eigenvalue weighted by atomic mass is 79.9. The molecule has 0 aliphatic rings. The van der Waals surface area contributed by atoms with Crippen molar-refractivity contribution in [1.29, 1.82) is 0 Å². The van der Waals surface area contributed by atoms with E-state index in [2.05, 4.69) is 30.6 Å². The highest BCUT2D eigenvalue weighted by Gasteiger charge is 2.12. The zero-order chi connectivity index (χ0) is 11.7. The van der Waals surface area contributed by atoms with Crippen LogP contribution in [0, 0.1) is 0 Å². The normalized spacial score (nSPS) is 10.6. The van der Waals surface area contributed by atoms with E-state index in [0.717, 1.165) is 15.6 Å². The van der Waals surface area contributed by atoms with Gasteiger partial charge in [0.05, 0.1) is 24.6 Å². The van der Waals surface area contributed by atoms with Gasteiger partial charge in [0, 0.05) is 4.47 Å². The van der Waals surface area contributed by atoms with Crippen LogP contribution in [0.3, 0.4) is 0 Å². The molecule has 1 heterocycles. The lowest BCUT2D eigenvalue weighted by molar-refractivity contribution is -0.139. The molecule has 2 rings (SSSR count). The van der Waals surface area contributed by atoms with Crippen molar-refractivity contribution in [2.75, 3.05) is 12.8 Å². The number of hydrogen-bond acceptors (Lipinski definition) is 4. The van der Waals surface area contributed by atoms with Crippen LogP contribution in [0.25, 0.3) is 11.0 Å². The average Bonchev–Trinajstić information content (AvgIpc) is 2.65. The van der Waals surface area contributed by atoms with Gasteiger partial charge >= 0.3 is 5.97 Å². The number of fused-ring (bicyclic) bond motifs is 1. The van der Waals surface area contributed by atoms with Gasteiger partial charge < -0.3 is 15.5 Å². The van der Waals surface area contributed by atoms with E-state index >= 15 is 0 Å². The van der Waals surface area contributed by atoms with Crippen LogP contribution in [0.1, 0.15) is 5.56 Å². The number of hydrogen-bond donors (Lipinski definition) is 2. The number of nitrogens with two attached hydrogens (primary N) is 1. The maximum atomic E-state index is 11.2. The summed E-state index contributed by atoms with van der Waals surface area (Å²) >= 11 is 3.38. The van der Waals surface area contributed by atoms with Gasteiger partial charge in [0.25, 0.3) is 0 Å². The molecule has 3 N–H and O–H groups in total. The minimum absolute atomic E-state index is 0.185. The summed E-state index contributed by atoms with van der Waals surface area (Å²) in [6.45, 7) is 0. The number of methoxy groups -OCH3 is 1. The van der Waals surface area contributed by atoms with Crippen molar-refractivity contribution in [2.24, 2.45) is 0 Å². The van der Waals surface area contributed by atoms with Crippen molar-refractivity contribution in [3.8, 4) is 0 Å². The molecule has 0 fully saturated rings. The molecule has 0 saturated heterocycles. The number of nitrogen functional groups attached to an aromatic ring is 1. The predicted molar refractivity (Wildman–Crippen MR) is 63.9 cm³/mol. The van der Waals surface area contributed by atoms with Crippen LogP contribution in [-0.4, -0.2) is 23.0 Å². The zero-order valence-electron chi connectivity index (χ0n) is 8.58. The molecule has 0 aliphatic heterocycles. The number of esters is 1. The van der Waals surface area contributed by atoms with Crippen LogP contribution >= 0.6 is 15.9 Å². The number of nitrogens with one attached hydrogen (secondary N) is 1. The average molecular weight is 284 g/mol. The van der Waals surface area contributed by atoms with Gasteiger partial charge in [-0.15, -0.1) is 0 Å². The predicted octanol–water partition coefficient (Wildman–Crippen LogP) is 1.62. The quantitative estimate of drug-likeness (QED) is 0.821. The van der Waals surface area contributed by atoms with Crippen molar-refractivity contribution in [3.05, 3.63) is 22.2 Å². The summed E-state index contributed by atoms with van der Waals surface area (Å²) in [4.78, 5) is 18.3. The number of aromatic nitrogens is 2. The number of benzene rings is 1. The fourth-order valence-electron chi connectivity index (χ4n) is 1.50. The number of nitrogens with zero attached hydrogens (tertiary/aromatic N) is 1. The minimum atomic E-state index is -0.301. The Labute approximate surface area is 100 Å². The number of carbonyl (C=O) groups excluding carboxylic acids is 1. The number of carbonyl (C=O) groups is 1. The Morgan fingerprint density at radius 1 is 1.62 bits per heavy atom. The Bertz CT molecular complexity index is 550. The van der Waals surface area contributed by atoms with Crippen LogP contribution in [0.4, 0.5) is 5.95 Å². The van der Waals surface area contributed by atoms with Crippen LogP contribution in [0.15, 0.2) is 16.6 Å². The van der Waals surface area contributed by atoms with Crippen molar-refractivity contribution >= 4 is 38.9 Å². The Kier molecular flexibility index (Phi) is 2.82. The maximum Gasteiger partial charge on any atom is 0.310 e. The van der Waals surface area contributed by atoms with E-state index in [1.165, 1.54) is 7.11 Å². The van der Waals surface area contributed by atoms with E-state index in [9.17, 15) is 4.79 Å². The first-order valence-electron chi connectivity index (χ1n) is 4.61. The Morgan fingerprint density at radius 3 is 3.06 bits per heavy atom. The van der Waals surface area contributed by atoms with E-state index in [1.54, 1.807) is 0 Å². The molecule has 6 heteroatoms. The molecule has 2 aromatic rings. The minimum Gasteiger partial charge on any atom is -0.469 e. The first-order valence-corrected chi connectivity index (χ1v) is 5.40. The van der Waals surface area contributed by atoms with Gasteiger partial charge in [-0.2, -0.15) is 0 Å². The van der Waals surface area contributed by atoms with E-state index in [-0.39, 0.29) is 12.4 Å². The summed E-state index contributed by atoms with van der Waals surface area (Å²) in [6, 6.07) is 3.67. The molecule has 0 saturated carbocycles. The molecule has 16 heavy (non-hydrogen) atoms. The van der Waals surface area contributed by atoms with Gasteiger partial charge in [0.1, 0.15) is 0 Å². The first-order chi connectivity index (χ1) is 7.61. The van der Waals surface area contributed by atoms with Crippen molar-refractivity contribution in [2.45, 2.75) is 6.42 Å². The Morgan fingerprint density at radius 2 is 2.38 bits per heavy atom. The van der Waals surface area contributed by atoms with Gasteiger partial charge in [-0.05, 0) is 27.6 Å². The largest absolute Gasteiger partial charge is 0.469 e. The molecule has 0 aliphatic carbocycles. The second kappa shape index (κ2) is 4.13. The van der Waals surface area contributed by atoms with Gasteiger partial charge in [-0.3, -0.25) is 4.79 Å². The smallest absolute Gasteiger partial charge is 0.310 e. The Balaban J connectivity index is 2.53. The summed E-state index contributed by atoms with van der Waals surface area (Å²) in [5.74, 6) is 0.0261. The number of anilines is 1. The molecule has 0 bridgehead atoms. The summed E-state index contributed by atoms with van der Waals surface area (Å²) in [5, 5.41) is 0. The van der Waals surface area contributed by atoms with Crippen LogP contribution in [-0.2, 0) is 16.0 Å². The molecule has 5 nitrogen and oxygen atoms in total. The van der Waals surface area contributed by atoms with Gasteiger partial charge in [-0.1, -0.05) is 6.07 Å². The van der Waals surface area contributed by atoms with E-state index in [4.69, 9.17) is 5.73 Å². The molecule has 1 aromatic carbocycles. The molecule has 0 radical (unpaired) electrons. The molecule has 1 aromatic heterocycles. The second-order valence-corrected chi connectivity index (χ2v) is 4.16. The molecule has 0 unspecified atom stereocenters. The molecule has 0 amide bonds. The van der Waals surface area contributed by atoms with Crippen molar-refractivity contribution < 1.29 is 9.53 Å². The SMILES string of the molecule is COC(=O)Cc1ccc(Br)c2[nH]c(N)nc12. The number of halogens is 1.